The van der Waals surface area contributed by atoms with Gasteiger partial charge < -0.3 is 21.1 Å². The SMILES string of the molecule is [B]c1cnn2c1NC=C(c1ccccc1O)C=C2NCc1ccc(CNC(=O)c2ccccc2-c2ccccc2)cc1. The van der Waals surface area contributed by atoms with E-state index in [1.807, 2.05) is 97.1 Å². The molecule has 0 saturated carbocycles. The number of aromatic nitrogens is 2. The summed E-state index contributed by atoms with van der Waals surface area (Å²) in [5.41, 5.74) is 6.57. The third kappa shape index (κ3) is 5.69. The highest BCUT2D eigenvalue weighted by molar-refractivity contribution is 6.35. The third-order valence-electron chi connectivity index (χ3n) is 7.10. The first-order valence-corrected chi connectivity index (χ1v) is 13.6. The second-order valence-corrected chi connectivity index (χ2v) is 9.92. The Bertz CT molecular complexity index is 1790. The number of nitrogens with one attached hydrogen (secondary N) is 3. The van der Waals surface area contributed by atoms with Gasteiger partial charge in [0, 0.05) is 42.2 Å². The van der Waals surface area contributed by atoms with Crippen molar-refractivity contribution in [2.75, 3.05) is 5.32 Å². The molecule has 0 bridgehead atoms. The molecule has 6 rings (SSSR count). The molecule has 4 N–H and O–H groups in total. The Labute approximate surface area is 245 Å². The zero-order valence-electron chi connectivity index (χ0n) is 22.8. The number of amides is 1. The molecule has 2 radical (unpaired) electrons. The maximum absolute atomic E-state index is 13.1. The van der Waals surface area contributed by atoms with Crippen molar-refractivity contribution in [3.8, 4) is 16.9 Å². The van der Waals surface area contributed by atoms with E-state index in [0.29, 0.717) is 41.3 Å². The van der Waals surface area contributed by atoms with Crippen molar-refractivity contribution in [2.45, 2.75) is 13.1 Å². The fraction of sp³-hybridized carbons (Fsp3) is 0.0588. The number of fused-ring (bicyclic) bond motifs is 1. The quantitative estimate of drug-likeness (QED) is 0.204. The Balaban J connectivity index is 1.13. The van der Waals surface area contributed by atoms with Crippen LogP contribution >= 0.6 is 0 Å². The standard InChI is InChI=1S/C34H28BN5O2/c35-30-22-39-40-32(18-26(21-37-33(30)40)28-11-6-7-13-31(28)41)36-19-23-14-16-24(17-15-23)20-38-34(42)29-12-5-4-10-27(29)25-8-2-1-3-9-25/h1-18,21-22,36-37,41H,19-20H2,(H,38,42). The number of allylic oxidation sites excluding steroid dienone is 2. The van der Waals surface area contributed by atoms with Crippen LogP contribution in [0.25, 0.3) is 22.5 Å². The fourth-order valence-corrected chi connectivity index (χ4v) is 4.88. The Morgan fingerprint density at radius 1 is 0.833 bits per heavy atom. The number of rotatable bonds is 8. The molecule has 0 unspecified atom stereocenters. The van der Waals surface area contributed by atoms with E-state index < -0.39 is 0 Å². The molecule has 0 spiro atoms. The molecule has 5 aromatic rings. The van der Waals surface area contributed by atoms with Crippen molar-refractivity contribution in [3.63, 3.8) is 0 Å². The lowest BCUT2D eigenvalue weighted by Crippen LogP contribution is -2.23. The van der Waals surface area contributed by atoms with Gasteiger partial charge in [0.2, 0.25) is 0 Å². The van der Waals surface area contributed by atoms with Gasteiger partial charge in [0.1, 0.15) is 25.2 Å². The highest BCUT2D eigenvalue weighted by atomic mass is 16.3. The summed E-state index contributed by atoms with van der Waals surface area (Å²) in [6.45, 7) is 0.938. The van der Waals surface area contributed by atoms with Gasteiger partial charge in [-0.2, -0.15) is 5.10 Å². The summed E-state index contributed by atoms with van der Waals surface area (Å²) in [5.74, 6) is 1.41. The summed E-state index contributed by atoms with van der Waals surface area (Å²) in [7, 11) is 6.15. The number of benzene rings is 4. The maximum atomic E-state index is 13.1. The highest BCUT2D eigenvalue weighted by Crippen LogP contribution is 2.29. The van der Waals surface area contributed by atoms with E-state index in [1.165, 1.54) is 0 Å². The number of hydrogen-bond donors (Lipinski definition) is 4. The van der Waals surface area contributed by atoms with Crippen LogP contribution in [0.2, 0.25) is 0 Å². The van der Waals surface area contributed by atoms with Crippen molar-refractivity contribution in [2.24, 2.45) is 0 Å². The summed E-state index contributed by atoms with van der Waals surface area (Å²) in [5, 5.41) is 24.6. The number of phenolic OH excluding ortho intramolecular Hbond substituents is 1. The number of aromatic hydroxyl groups is 1. The first kappa shape index (κ1) is 26.7. The van der Waals surface area contributed by atoms with Crippen LogP contribution in [0.15, 0.2) is 122 Å². The molecule has 2 heterocycles. The van der Waals surface area contributed by atoms with E-state index in [0.717, 1.165) is 27.8 Å². The molecule has 1 amide bonds. The van der Waals surface area contributed by atoms with E-state index >= 15 is 0 Å². The van der Waals surface area contributed by atoms with Gasteiger partial charge in [-0.15, -0.1) is 0 Å². The number of para-hydroxylation sites is 1. The molecule has 0 atom stereocenters. The molecule has 7 nitrogen and oxygen atoms in total. The molecule has 1 aliphatic heterocycles. The predicted octanol–water partition coefficient (Wildman–Crippen LogP) is 5.03. The van der Waals surface area contributed by atoms with Crippen molar-refractivity contribution >= 4 is 36.4 Å². The molecule has 0 saturated heterocycles. The van der Waals surface area contributed by atoms with Crippen LogP contribution in [0.5, 0.6) is 5.75 Å². The summed E-state index contributed by atoms with van der Waals surface area (Å²) < 4.78 is 1.70. The fourth-order valence-electron chi connectivity index (χ4n) is 4.88. The lowest BCUT2D eigenvalue weighted by Gasteiger charge is -2.14. The van der Waals surface area contributed by atoms with Crippen LogP contribution in [0.1, 0.15) is 27.0 Å². The van der Waals surface area contributed by atoms with Gasteiger partial charge >= 0.3 is 0 Å². The van der Waals surface area contributed by atoms with Crippen molar-refractivity contribution in [3.05, 3.63) is 144 Å². The normalized spacial score (nSPS) is 12.3. The van der Waals surface area contributed by atoms with Gasteiger partial charge in [0.15, 0.2) is 0 Å². The van der Waals surface area contributed by atoms with Crippen LogP contribution < -0.4 is 21.4 Å². The van der Waals surface area contributed by atoms with Crippen LogP contribution in [0.3, 0.4) is 0 Å². The van der Waals surface area contributed by atoms with Crippen molar-refractivity contribution < 1.29 is 9.90 Å². The zero-order valence-corrected chi connectivity index (χ0v) is 22.8. The molecular formula is C34H28BN5O2. The van der Waals surface area contributed by atoms with Crippen molar-refractivity contribution in [1.29, 1.82) is 0 Å². The number of phenols is 1. The summed E-state index contributed by atoms with van der Waals surface area (Å²) in [4.78, 5) is 13.1. The van der Waals surface area contributed by atoms with Crippen LogP contribution in [-0.2, 0) is 13.1 Å². The second-order valence-electron chi connectivity index (χ2n) is 9.92. The Hall–Kier alpha value is -5.50. The monoisotopic (exact) mass is 549 g/mol. The molecule has 204 valence electrons. The van der Waals surface area contributed by atoms with Gasteiger partial charge in [-0.05, 0) is 45.9 Å². The molecule has 0 aliphatic carbocycles. The van der Waals surface area contributed by atoms with E-state index in [1.54, 1.807) is 29.2 Å². The summed E-state index contributed by atoms with van der Waals surface area (Å²) in [6, 6.07) is 32.8. The number of carbonyl (C=O) groups is 1. The Morgan fingerprint density at radius 2 is 1.50 bits per heavy atom. The van der Waals surface area contributed by atoms with Gasteiger partial charge in [0.05, 0.1) is 0 Å². The predicted molar refractivity (Wildman–Crippen MR) is 168 cm³/mol. The minimum atomic E-state index is -0.114. The van der Waals surface area contributed by atoms with E-state index in [9.17, 15) is 9.90 Å². The molecule has 8 heteroatoms. The van der Waals surface area contributed by atoms with Gasteiger partial charge in [-0.25, -0.2) is 4.68 Å². The van der Waals surface area contributed by atoms with E-state index in [-0.39, 0.29) is 11.7 Å². The average Bonchev–Trinajstić information content (AvgIpc) is 3.30. The molecule has 4 aromatic carbocycles. The summed E-state index contributed by atoms with van der Waals surface area (Å²) in [6.07, 6.45) is 5.31. The van der Waals surface area contributed by atoms with Gasteiger partial charge in [-0.3, -0.25) is 4.79 Å². The van der Waals surface area contributed by atoms with E-state index in [4.69, 9.17) is 7.85 Å². The third-order valence-corrected chi connectivity index (χ3v) is 7.10. The van der Waals surface area contributed by atoms with Gasteiger partial charge in [-0.1, -0.05) is 91.0 Å². The lowest BCUT2D eigenvalue weighted by atomic mass is 9.99. The minimum absolute atomic E-state index is 0.114. The van der Waals surface area contributed by atoms with Crippen molar-refractivity contribution in [1.82, 2.24) is 20.4 Å². The first-order valence-electron chi connectivity index (χ1n) is 13.6. The number of carbonyl (C=O) groups excluding carboxylic acids is 1. The first-order chi connectivity index (χ1) is 20.6. The molecule has 0 fully saturated rings. The highest BCUT2D eigenvalue weighted by Gasteiger charge is 2.17. The van der Waals surface area contributed by atoms with E-state index in [2.05, 4.69) is 21.0 Å². The smallest absolute Gasteiger partial charge is 0.252 e. The maximum Gasteiger partial charge on any atom is 0.252 e. The Kier molecular flexibility index (Phi) is 7.59. The number of anilines is 1. The lowest BCUT2D eigenvalue weighted by molar-refractivity contribution is 0.0951. The zero-order chi connectivity index (χ0) is 28.9. The number of nitrogens with zero attached hydrogens (tertiary/aromatic N) is 2. The molecular weight excluding hydrogens is 521 g/mol. The molecule has 1 aliphatic rings. The van der Waals surface area contributed by atoms with Crippen LogP contribution in [-0.4, -0.2) is 28.6 Å². The second kappa shape index (κ2) is 11.9. The largest absolute Gasteiger partial charge is 0.507 e. The van der Waals surface area contributed by atoms with Gasteiger partial charge in [0.25, 0.3) is 5.91 Å². The molecule has 42 heavy (non-hydrogen) atoms. The van der Waals surface area contributed by atoms with Crippen LogP contribution in [0, 0.1) is 0 Å². The average molecular weight is 549 g/mol. The number of hydrogen-bond acceptors (Lipinski definition) is 5. The minimum Gasteiger partial charge on any atom is -0.507 e. The summed E-state index contributed by atoms with van der Waals surface area (Å²) >= 11 is 0. The topological polar surface area (TPSA) is 91.2 Å². The molecule has 1 aromatic heterocycles. The van der Waals surface area contributed by atoms with Crippen LogP contribution in [0.4, 0.5) is 5.82 Å². The Morgan fingerprint density at radius 3 is 2.26 bits per heavy atom.